The van der Waals surface area contributed by atoms with Crippen molar-refractivity contribution in [1.29, 1.82) is 0 Å². The number of hydrogen-bond acceptors (Lipinski definition) is 4. The third-order valence-electron chi connectivity index (χ3n) is 3.60. The van der Waals surface area contributed by atoms with E-state index in [4.69, 9.17) is 14.2 Å². The Morgan fingerprint density at radius 1 is 1.00 bits per heavy atom. The molecule has 0 aromatic heterocycles. The van der Waals surface area contributed by atoms with Crippen LogP contribution in [0.1, 0.15) is 11.1 Å². The van der Waals surface area contributed by atoms with Crippen molar-refractivity contribution in [2.24, 2.45) is 0 Å². The van der Waals surface area contributed by atoms with E-state index in [0.717, 1.165) is 12.1 Å². The number of alkyl halides is 3. The summed E-state index contributed by atoms with van der Waals surface area (Å²) >= 11 is 0. The molecule has 27 heavy (non-hydrogen) atoms. The van der Waals surface area contributed by atoms with E-state index >= 15 is 0 Å². The first kappa shape index (κ1) is 20.2. The molecule has 2 aromatic carbocycles. The van der Waals surface area contributed by atoms with Crippen molar-refractivity contribution in [2.75, 3.05) is 26.6 Å². The third-order valence-corrected chi connectivity index (χ3v) is 3.60. The SMILES string of the molecule is COc1cc(/C=C/C(=O)Nc2ccccc2C(F)(F)F)cc(OC)c1OC. The number of nitrogens with one attached hydrogen (secondary N) is 1. The number of carbonyl (C=O) groups excluding carboxylic acids is 1. The second-order valence-electron chi connectivity index (χ2n) is 5.32. The van der Waals surface area contributed by atoms with Crippen LogP contribution in [0.15, 0.2) is 42.5 Å². The van der Waals surface area contributed by atoms with Crippen LogP contribution in [0.25, 0.3) is 6.08 Å². The minimum atomic E-state index is -4.57. The fourth-order valence-corrected chi connectivity index (χ4v) is 2.38. The molecule has 0 aliphatic carbocycles. The maximum atomic E-state index is 13.0. The first-order valence-electron chi connectivity index (χ1n) is 7.75. The summed E-state index contributed by atoms with van der Waals surface area (Å²) in [7, 11) is 4.36. The van der Waals surface area contributed by atoms with Crippen LogP contribution in [0.2, 0.25) is 0 Å². The van der Waals surface area contributed by atoms with Gasteiger partial charge in [0, 0.05) is 6.08 Å². The summed E-state index contributed by atoms with van der Waals surface area (Å²) in [5, 5.41) is 2.23. The van der Waals surface area contributed by atoms with Crippen LogP contribution < -0.4 is 19.5 Å². The summed E-state index contributed by atoms with van der Waals surface area (Å²) in [4.78, 5) is 12.0. The lowest BCUT2D eigenvalue weighted by Gasteiger charge is -2.13. The Bertz CT molecular complexity index is 822. The summed E-state index contributed by atoms with van der Waals surface area (Å²) < 4.78 is 54.6. The highest BCUT2D eigenvalue weighted by Crippen LogP contribution is 2.38. The van der Waals surface area contributed by atoms with E-state index in [2.05, 4.69) is 5.32 Å². The zero-order chi connectivity index (χ0) is 20.0. The Morgan fingerprint density at radius 2 is 1.59 bits per heavy atom. The number of ether oxygens (including phenoxy) is 3. The lowest BCUT2D eigenvalue weighted by molar-refractivity contribution is -0.136. The Balaban J connectivity index is 2.23. The van der Waals surface area contributed by atoms with Gasteiger partial charge in [-0.15, -0.1) is 0 Å². The lowest BCUT2D eigenvalue weighted by atomic mass is 10.1. The van der Waals surface area contributed by atoms with E-state index in [1.807, 2.05) is 0 Å². The van der Waals surface area contributed by atoms with Crippen molar-refractivity contribution in [2.45, 2.75) is 6.18 Å². The predicted octanol–water partition coefficient (Wildman–Crippen LogP) is 4.38. The number of halogens is 3. The van der Waals surface area contributed by atoms with Crippen LogP contribution >= 0.6 is 0 Å². The minimum Gasteiger partial charge on any atom is -0.493 e. The molecule has 0 radical (unpaired) electrons. The van der Waals surface area contributed by atoms with Gasteiger partial charge in [0.25, 0.3) is 0 Å². The summed E-state index contributed by atoms with van der Waals surface area (Å²) in [5.74, 6) is 0.458. The molecule has 0 aliphatic heterocycles. The third kappa shape index (κ3) is 4.93. The van der Waals surface area contributed by atoms with Crippen LogP contribution in [-0.4, -0.2) is 27.2 Å². The zero-order valence-electron chi connectivity index (χ0n) is 14.9. The Hall–Kier alpha value is -3.16. The molecule has 0 saturated carbocycles. The van der Waals surface area contributed by atoms with E-state index in [1.54, 1.807) is 12.1 Å². The average Bonchev–Trinajstić information content (AvgIpc) is 2.64. The number of amides is 1. The van der Waals surface area contributed by atoms with Crippen LogP contribution in [0.3, 0.4) is 0 Å². The molecule has 1 amide bonds. The number of benzene rings is 2. The van der Waals surface area contributed by atoms with Gasteiger partial charge in [-0.2, -0.15) is 13.2 Å². The topological polar surface area (TPSA) is 56.8 Å². The average molecular weight is 381 g/mol. The van der Waals surface area contributed by atoms with Crippen molar-refractivity contribution in [3.63, 3.8) is 0 Å². The van der Waals surface area contributed by atoms with Gasteiger partial charge in [0.15, 0.2) is 11.5 Å². The number of para-hydroxylation sites is 1. The molecule has 1 N–H and O–H groups in total. The standard InChI is InChI=1S/C19H18F3NO4/c1-25-15-10-12(11-16(26-2)18(15)27-3)8-9-17(24)23-14-7-5-4-6-13(14)19(20,21)22/h4-11H,1-3H3,(H,23,24)/b9-8+. The maximum Gasteiger partial charge on any atom is 0.418 e. The van der Waals surface area contributed by atoms with E-state index in [-0.39, 0.29) is 5.69 Å². The molecule has 0 saturated heterocycles. The molecule has 8 heteroatoms. The molecule has 2 aromatic rings. The Kier molecular flexibility index (Phi) is 6.33. The quantitative estimate of drug-likeness (QED) is 0.755. The van der Waals surface area contributed by atoms with E-state index in [0.29, 0.717) is 22.8 Å². The molecule has 0 aliphatic rings. The molecule has 0 bridgehead atoms. The molecule has 0 spiro atoms. The van der Waals surface area contributed by atoms with Gasteiger partial charge in [-0.1, -0.05) is 12.1 Å². The van der Waals surface area contributed by atoms with Gasteiger partial charge in [0.2, 0.25) is 11.7 Å². The maximum absolute atomic E-state index is 13.0. The molecule has 2 rings (SSSR count). The van der Waals surface area contributed by atoms with Gasteiger partial charge in [-0.3, -0.25) is 4.79 Å². The van der Waals surface area contributed by atoms with Crippen molar-refractivity contribution >= 4 is 17.7 Å². The summed E-state index contributed by atoms with van der Waals surface area (Å²) in [6, 6.07) is 7.97. The van der Waals surface area contributed by atoms with E-state index in [1.165, 1.54) is 45.6 Å². The summed E-state index contributed by atoms with van der Waals surface area (Å²) in [6.07, 6.45) is -2.02. The normalized spacial score (nSPS) is 11.3. The van der Waals surface area contributed by atoms with Crippen LogP contribution in [0.4, 0.5) is 18.9 Å². The Morgan fingerprint density at radius 3 is 2.11 bits per heavy atom. The van der Waals surface area contributed by atoms with Gasteiger partial charge in [-0.05, 0) is 35.9 Å². The molecular formula is C19H18F3NO4. The summed E-state index contributed by atoms with van der Waals surface area (Å²) in [6.45, 7) is 0. The highest BCUT2D eigenvalue weighted by Gasteiger charge is 2.33. The van der Waals surface area contributed by atoms with Crippen LogP contribution in [0, 0.1) is 0 Å². The highest BCUT2D eigenvalue weighted by molar-refractivity contribution is 6.02. The molecule has 0 fully saturated rings. The zero-order valence-corrected chi connectivity index (χ0v) is 14.9. The number of rotatable bonds is 6. The van der Waals surface area contributed by atoms with Gasteiger partial charge in [0.1, 0.15) is 0 Å². The first-order chi connectivity index (χ1) is 12.8. The number of methoxy groups -OCH3 is 3. The van der Waals surface area contributed by atoms with Gasteiger partial charge >= 0.3 is 6.18 Å². The first-order valence-corrected chi connectivity index (χ1v) is 7.75. The van der Waals surface area contributed by atoms with Crippen LogP contribution in [0.5, 0.6) is 17.2 Å². The van der Waals surface area contributed by atoms with Crippen LogP contribution in [-0.2, 0) is 11.0 Å². The molecule has 144 valence electrons. The monoisotopic (exact) mass is 381 g/mol. The van der Waals surface area contributed by atoms with Gasteiger partial charge in [0.05, 0.1) is 32.6 Å². The predicted molar refractivity (Wildman–Crippen MR) is 95.2 cm³/mol. The second kappa shape index (κ2) is 8.48. The second-order valence-corrected chi connectivity index (χ2v) is 5.32. The fraction of sp³-hybridized carbons (Fsp3) is 0.211. The fourth-order valence-electron chi connectivity index (χ4n) is 2.38. The molecule has 0 heterocycles. The largest absolute Gasteiger partial charge is 0.493 e. The smallest absolute Gasteiger partial charge is 0.418 e. The minimum absolute atomic E-state index is 0.315. The van der Waals surface area contributed by atoms with Crippen molar-refractivity contribution in [3.8, 4) is 17.2 Å². The number of anilines is 1. The van der Waals surface area contributed by atoms with Gasteiger partial charge in [-0.25, -0.2) is 0 Å². The van der Waals surface area contributed by atoms with Crippen molar-refractivity contribution < 1.29 is 32.2 Å². The van der Waals surface area contributed by atoms with E-state index < -0.39 is 17.6 Å². The summed E-state index contributed by atoms with van der Waals surface area (Å²) in [5.41, 5.74) is -0.687. The lowest BCUT2D eigenvalue weighted by Crippen LogP contribution is -2.14. The molecule has 0 unspecified atom stereocenters. The highest BCUT2D eigenvalue weighted by atomic mass is 19.4. The molecule has 0 atom stereocenters. The van der Waals surface area contributed by atoms with E-state index in [9.17, 15) is 18.0 Å². The van der Waals surface area contributed by atoms with Crippen molar-refractivity contribution in [1.82, 2.24) is 0 Å². The molecule has 5 nitrogen and oxygen atoms in total. The number of hydrogen-bond donors (Lipinski definition) is 1. The Labute approximate surface area is 154 Å². The molecular weight excluding hydrogens is 363 g/mol. The number of carbonyl (C=O) groups is 1. The van der Waals surface area contributed by atoms with Gasteiger partial charge < -0.3 is 19.5 Å². The van der Waals surface area contributed by atoms with Crippen molar-refractivity contribution in [3.05, 3.63) is 53.6 Å².